The predicted octanol–water partition coefficient (Wildman–Crippen LogP) is 5.56. The van der Waals surface area contributed by atoms with Crippen molar-refractivity contribution < 1.29 is 14.3 Å². The quantitative estimate of drug-likeness (QED) is 0.381. The Bertz CT molecular complexity index is 1280. The molecule has 166 valence electrons. The maximum Gasteiger partial charge on any atom is 0.257 e. The molecule has 1 aromatic heterocycles. The molecule has 7 heteroatoms. The number of amides is 2. The van der Waals surface area contributed by atoms with Crippen LogP contribution >= 0.6 is 11.3 Å². The molecule has 0 radical (unpaired) electrons. The van der Waals surface area contributed by atoms with Gasteiger partial charge in [-0.3, -0.25) is 9.59 Å². The average Bonchev–Trinajstić information content (AvgIpc) is 3.26. The molecule has 0 saturated carbocycles. The minimum Gasteiger partial charge on any atom is -0.497 e. The van der Waals surface area contributed by atoms with Crippen LogP contribution in [-0.2, 0) is 11.2 Å². The van der Waals surface area contributed by atoms with Gasteiger partial charge in [-0.25, -0.2) is 4.98 Å². The highest BCUT2D eigenvalue weighted by Gasteiger charge is 2.14. The van der Waals surface area contributed by atoms with E-state index in [1.54, 1.807) is 67.0 Å². The number of ether oxygens (including phenoxy) is 1. The molecule has 0 aliphatic heterocycles. The largest absolute Gasteiger partial charge is 0.497 e. The van der Waals surface area contributed by atoms with Gasteiger partial charge in [0.15, 0.2) is 0 Å². The molecule has 0 unspecified atom stereocenters. The van der Waals surface area contributed by atoms with E-state index in [9.17, 15) is 9.59 Å². The lowest BCUT2D eigenvalue weighted by Crippen LogP contribution is -2.19. The number of hydrogen-bond acceptors (Lipinski definition) is 5. The van der Waals surface area contributed by atoms with E-state index >= 15 is 0 Å². The number of carbonyl (C=O) groups excluding carboxylic acids is 2. The molecular formula is C26H23N3O3S. The summed E-state index contributed by atoms with van der Waals surface area (Å²) in [6.07, 6.45) is 0.197. The highest BCUT2D eigenvalue weighted by Crippen LogP contribution is 2.23. The number of thiazole rings is 1. The zero-order valence-corrected chi connectivity index (χ0v) is 19.1. The lowest BCUT2D eigenvalue weighted by atomic mass is 10.1. The summed E-state index contributed by atoms with van der Waals surface area (Å²) in [5.74, 6) is 0.126. The molecule has 6 nitrogen and oxygen atoms in total. The topological polar surface area (TPSA) is 80.3 Å². The molecule has 3 aromatic carbocycles. The molecule has 2 amide bonds. The summed E-state index contributed by atoms with van der Waals surface area (Å²) >= 11 is 1.61. The highest BCUT2D eigenvalue weighted by molar-refractivity contribution is 7.09. The van der Waals surface area contributed by atoms with Gasteiger partial charge in [0.2, 0.25) is 5.91 Å². The zero-order chi connectivity index (χ0) is 23.2. The second-order valence-corrected chi connectivity index (χ2v) is 8.47. The van der Waals surface area contributed by atoms with Crippen molar-refractivity contribution in [1.82, 2.24) is 4.98 Å². The Labute approximate surface area is 196 Å². The number of aryl methyl sites for hydroxylation is 1. The number of aromatic nitrogens is 1. The van der Waals surface area contributed by atoms with Gasteiger partial charge >= 0.3 is 0 Å². The van der Waals surface area contributed by atoms with Gasteiger partial charge in [0.05, 0.1) is 35.5 Å². The van der Waals surface area contributed by atoms with Gasteiger partial charge in [0.1, 0.15) is 5.75 Å². The Morgan fingerprint density at radius 1 is 0.970 bits per heavy atom. The SMILES string of the molecule is COc1cccc(NC(=O)c2ccccc2NC(=O)Cc2ccc(-c3csc(C)n3)cc2)c1. The van der Waals surface area contributed by atoms with Crippen LogP contribution in [0.5, 0.6) is 5.75 Å². The van der Waals surface area contributed by atoms with Crippen LogP contribution in [0.15, 0.2) is 78.2 Å². The number of methoxy groups -OCH3 is 1. The third-order valence-corrected chi connectivity index (χ3v) is 5.78. The lowest BCUT2D eigenvalue weighted by Gasteiger charge is -2.12. The number of benzene rings is 3. The van der Waals surface area contributed by atoms with Crippen molar-refractivity contribution >= 4 is 34.5 Å². The molecule has 4 rings (SSSR count). The molecule has 0 fully saturated rings. The maximum atomic E-state index is 12.8. The van der Waals surface area contributed by atoms with Gasteiger partial charge in [-0.1, -0.05) is 42.5 Å². The van der Waals surface area contributed by atoms with Gasteiger partial charge in [0, 0.05) is 22.7 Å². The Morgan fingerprint density at radius 2 is 1.76 bits per heavy atom. The van der Waals surface area contributed by atoms with Crippen molar-refractivity contribution in [3.05, 3.63) is 94.3 Å². The molecule has 0 spiro atoms. The normalized spacial score (nSPS) is 10.5. The van der Waals surface area contributed by atoms with Gasteiger partial charge in [-0.05, 0) is 36.8 Å². The van der Waals surface area contributed by atoms with Gasteiger partial charge in [-0.2, -0.15) is 0 Å². The molecule has 2 N–H and O–H groups in total. The van der Waals surface area contributed by atoms with Crippen LogP contribution in [0.4, 0.5) is 11.4 Å². The number of nitrogens with one attached hydrogen (secondary N) is 2. The van der Waals surface area contributed by atoms with Crippen LogP contribution < -0.4 is 15.4 Å². The number of anilines is 2. The van der Waals surface area contributed by atoms with Crippen LogP contribution in [0.25, 0.3) is 11.3 Å². The van der Waals surface area contributed by atoms with Crippen molar-refractivity contribution in [3.63, 3.8) is 0 Å². The van der Waals surface area contributed by atoms with Crippen LogP contribution in [0.3, 0.4) is 0 Å². The molecule has 0 atom stereocenters. The predicted molar refractivity (Wildman–Crippen MR) is 132 cm³/mol. The summed E-state index contributed by atoms with van der Waals surface area (Å²) < 4.78 is 5.20. The fraction of sp³-hybridized carbons (Fsp3) is 0.115. The molecule has 0 bridgehead atoms. The van der Waals surface area contributed by atoms with E-state index in [-0.39, 0.29) is 18.2 Å². The highest BCUT2D eigenvalue weighted by atomic mass is 32.1. The van der Waals surface area contributed by atoms with E-state index in [1.165, 1.54) is 0 Å². The molecule has 0 aliphatic rings. The fourth-order valence-corrected chi connectivity index (χ4v) is 3.98. The average molecular weight is 458 g/mol. The van der Waals surface area contributed by atoms with E-state index in [0.717, 1.165) is 21.8 Å². The minimum absolute atomic E-state index is 0.197. The van der Waals surface area contributed by atoms with Crippen LogP contribution in [-0.4, -0.2) is 23.9 Å². The summed E-state index contributed by atoms with van der Waals surface area (Å²) in [4.78, 5) is 30.0. The van der Waals surface area contributed by atoms with E-state index < -0.39 is 0 Å². The second-order valence-electron chi connectivity index (χ2n) is 7.41. The van der Waals surface area contributed by atoms with Crippen molar-refractivity contribution in [2.75, 3.05) is 17.7 Å². The zero-order valence-electron chi connectivity index (χ0n) is 18.3. The minimum atomic E-state index is -0.318. The van der Waals surface area contributed by atoms with E-state index in [1.807, 2.05) is 36.6 Å². The third-order valence-electron chi connectivity index (χ3n) is 5.01. The first-order chi connectivity index (χ1) is 16.0. The number of para-hydroxylation sites is 1. The van der Waals surface area contributed by atoms with Crippen LogP contribution in [0.2, 0.25) is 0 Å². The fourth-order valence-electron chi connectivity index (χ4n) is 3.36. The number of nitrogens with zero attached hydrogens (tertiary/aromatic N) is 1. The first-order valence-corrected chi connectivity index (χ1v) is 11.3. The lowest BCUT2D eigenvalue weighted by molar-refractivity contribution is -0.115. The standard InChI is InChI=1S/C26H23N3O3S/c1-17-27-24(16-33-17)19-12-10-18(11-13-19)14-25(30)29-23-9-4-3-8-22(23)26(31)28-20-6-5-7-21(15-20)32-2/h3-13,15-16H,14H2,1-2H3,(H,28,31)(H,29,30). The molecule has 33 heavy (non-hydrogen) atoms. The molecule has 4 aromatic rings. The Kier molecular flexibility index (Phi) is 6.80. The van der Waals surface area contributed by atoms with Crippen LogP contribution in [0, 0.1) is 6.92 Å². The Balaban J connectivity index is 1.42. The molecule has 0 aliphatic carbocycles. The summed E-state index contributed by atoms with van der Waals surface area (Å²) in [5, 5.41) is 8.74. The smallest absolute Gasteiger partial charge is 0.257 e. The first-order valence-electron chi connectivity index (χ1n) is 10.4. The number of rotatable bonds is 7. The molecule has 0 saturated heterocycles. The summed E-state index contributed by atoms with van der Waals surface area (Å²) in [7, 11) is 1.57. The Morgan fingerprint density at radius 3 is 2.48 bits per heavy atom. The van der Waals surface area contributed by atoms with Gasteiger partial charge < -0.3 is 15.4 Å². The Hall–Kier alpha value is -3.97. The van der Waals surface area contributed by atoms with E-state index in [0.29, 0.717) is 22.7 Å². The summed E-state index contributed by atoms with van der Waals surface area (Å²) in [5.41, 5.74) is 4.27. The molecule has 1 heterocycles. The van der Waals surface area contributed by atoms with Crippen molar-refractivity contribution in [3.8, 4) is 17.0 Å². The number of carbonyl (C=O) groups is 2. The van der Waals surface area contributed by atoms with Crippen LogP contribution in [0.1, 0.15) is 20.9 Å². The van der Waals surface area contributed by atoms with Crippen molar-refractivity contribution in [1.29, 1.82) is 0 Å². The van der Waals surface area contributed by atoms with Gasteiger partial charge in [0.25, 0.3) is 5.91 Å². The maximum absolute atomic E-state index is 12.8. The van der Waals surface area contributed by atoms with Crippen molar-refractivity contribution in [2.24, 2.45) is 0 Å². The molecular weight excluding hydrogens is 434 g/mol. The summed E-state index contributed by atoms with van der Waals surface area (Å²) in [6, 6.07) is 21.8. The second kappa shape index (κ2) is 10.1. The monoisotopic (exact) mass is 457 g/mol. The van der Waals surface area contributed by atoms with E-state index in [4.69, 9.17) is 4.74 Å². The van der Waals surface area contributed by atoms with Gasteiger partial charge in [-0.15, -0.1) is 11.3 Å². The van der Waals surface area contributed by atoms with Crippen molar-refractivity contribution in [2.45, 2.75) is 13.3 Å². The van der Waals surface area contributed by atoms with E-state index in [2.05, 4.69) is 15.6 Å². The third kappa shape index (κ3) is 5.64. The number of hydrogen-bond donors (Lipinski definition) is 2. The summed E-state index contributed by atoms with van der Waals surface area (Å²) in [6.45, 7) is 1.97. The first kappa shape index (κ1) is 22.2.